The quantitative estimate of drug-likeness (QED) is 0.858. The largest absolute Gasteiger partial charge is 0.383 e. The summed E-state index contributed by atoms with van der Waals surface area (Å²) in [5.41, 5.74) is 6.55. The van der Waals surface area contributed by atoms with Gasteiger partial charge in [0, 0.05) is 11.7 Å². The van der Waals surface area contributed by atoms with E-state index < -0.39 is 5.91 Å². The van der Waals surface area contributed by atoms with E-state index in [-0.39, 0.29) is 0 Å². The summed E-state index contributed by atoms with van der Waals surface area (Å²) in [5.74, 6) is 0.366. The van der Waals surface area contributed by atoms with Crippen LogP contribution in [-0.2, 0) is 0 Å². The van der Waals surface area contributed by atoms with E-state index in [2.05, 4.69) is 12.2 Å². The molecule has 1 aromatic carbocycles. The predicted octanol–water partition coefficient (Wildman–Crippen LogP) is 3.43. The van der Waals surface area contributed by atoms with E-state index in [9.17, 15) is 4.79 Å². The lowest BCUT2D eigenvalue weighted by molar-refractivity contribution is 0.100. The molecule has 0 bridgehead atoms. The van der Waals surface area contributed by atoms with Crippen molar-refractivity contribution in [3.05, 3.63) is 28.8 Å². The molecule has 18 heavy (non-hydrogen) atoms. The minimum atomic E-state index is -0.490. The van der Waals surface area contributed by atoms with Gasteiger partial charge in [0.05, 0.1) is 10.6 Å². The Bertz CT molecular complexity index is 443. The molecule has 3 nitrogen and oxygen atoms in total. The van der Waals surface area contributed by atoms with Crippen LogP contribution < -0.4 is 11.1 Å². The van der Waals surface area contributed by atoms with Crippen molar-refractivity contribution in [3.63, 3.8) is 0 Å². The first-order chi connectivity index (χ1) is 8.56. The zero-order valence-corrected chi connectivity index (χ0v) is 11.3. The van der Waals surface area contributed by atoms with Crippen LogP contribution in [-0.4, -0.2) is 11.9 Å². The molecule has 0 radical (unpaired) electrons. The molecule has 0 aliphatic heterocycles. The molecule has 0 aromatic heterocycles. The van der Waals surface area contributed by atoms with Crippen LogP contribution in [0.1, 0.15) is 43.0 Å². The number of amides is 1. The number of halogens is 1. The monoisotopic (exact) mass is 266 g/mol. The Balaban J connectivity index is 1.99. The number of carbonyl (C=O) groups is 1. The third-order valence-electron chi connectivity index (χ3n) is 3.56. The molecule has 1 aliphatic carbocycles. The van der Waals surface area contributed by atoms with Crippen LogP contribution in [0.3, 0.4) is 0 Å². The number of hydrogen-bond acceptors (Lipinski definition) is 2. The van der Waals surface area contributed by atoms with Gasteiger partial charge in [0.15, 0.2) is 0 Å². The Morgan fingerprint density at radius 3 is 2.83 bits per heavy atom. The fourth-order valence-electron chi connectivity index (χ4n) is 2.38. The van der Waals surface area contributed by atoms with Gasteiger partial charge in [0.25, 0.3) is 0 Å². The highest BCUT2D eigenvalue weighted by Gasteiger charge is 2.20. The van der Waals surface area contributed by atoms with E-state index in [1.54, 1.807) is 12.1 Å². The molecule has 1 amide bonds. The highest BCUT2D eigenvalue weighted by atomic mass is 35.5. The Labute approximate surface area is 113 Å². The number of benzene rings is 1. The van der Waals surface area contributed by atoms with Gasteiger partial charge in [0.2, 0.25) is 5.91 Å². The molecule has 1 atom stereocenters. The van der Waals surface area contributed by atoms with Gasteiger partial charge in [-0.1, -0.05) is 30.9 Å². The average molecular weight is 267 g/mol. The lowest BCUT2D eigenvalue weighted by atomic mass is 9.81. The Hall–Kier alpha value is -1.22. The maximum Gasteiger partial charge on any atom is 0.250 e. The number of hydrogen-bond donors (Lipinski definition) is 2. The minimum Gasteiger partial charge on any atom is -0.383 e. The molecule has 2 rings (SSSR count). The number of nitrogens with one attached hydrogen (secondary N) is 1. The number of primary amides is 1. The third kappa shape index (κ3) is 3.16. The summed E-state index contributed by atoms with van der Waals surface area (Å²) >= 11 is 5.92. The Kier molecular flexibility index (Phi) is 4.12. The number of anilines is 1. The second kappa shape index (κ2) is 5.61. The lowest BCUT2D eigenvalue weighted by Gasteiger charge is -2.29. The van der Waals surface area contributed by atoms with Gasteiger partial charge in [-0.25, -0.2) is 0 Å². The molecule has 1 unspecified atom stereocenters. The summed E-state index contributed by atoms with van der Waals surface area (Å²) in [4.78, 5) is 11.2. The maximum absolute atomic E-state index is 11.2. The summed E-state index contributed by atoms with van der Waals surface area (Å²) < 4.78 is 0. The summed E-state index contributed by atoms with van der Waals surface area (Å²) in [6.07, 6.45) is 5.23. The summed E-state index contributed by atoms with van der Waals surface area (Å²) in [5, 5.41) is 3.80. The van der Waals surface area contributed by atoms with Crippen molar-refractivity contribution in [2.24, 2.45) is 11.7 Å². The van der Waals surface area contributed by atoms with Gasteiger partial charge in [0.1, 0.15) is 0 Å². The molecule has 98 valence electrons. The lowest BCUT2D eigenvalue weighted by Crippen LogP contribution is -2.23. The van der Waals surface area contributed by atoms with Crippen molar-refractivity contribution in [2.75, 3.05) is 5.32 Å². The van der Waals surface area contributed by atoms with Crippen molar-refractivity contribution < 1.29 is 4.79 Å². The molecule has 0 spiro atoms. The first-order valence-corrected chi connectivity index (χ1v) is 6.80. The average Bonchev–Trinajstić information content (AvgIpc) is 2.26. The first-order valence-electron chi connectivity index (χ1n) is 6.42. The predicted molar refractivity (Wildman–Crippen MR) is 75.0 cm³/mol. The van der Waals surface area contributed by atoms with Crippen molar-refractivity contribution in [2.45, 2.75) is 38.6 Å². The van der Waals surface area contributed by atoms with Gasteiger partial charge in [-0.3, -0.25) is 4.79 Å². The molecule has 0 heterocycles. The smallest absolute Gasteiger partial charge is 0.250 e. The van der Waals surface area contributed by atoms with Crippen molar-refractivity contribution >= 4 is 23.2 Å². The van der Waals surface area contributed by atoms with Gasteiger partial charge in [-0.05, 0) is 37.5 Å². The summed E-state index contributed by atoms with van der Waals surface area (Å²) in [6, 6.07) is 5.71. The van der Waals surface area contributed by atoms with Crippen LogP contribution in [0.25, 0.3) is 0 Å². The number of carbonyl (C=O) groups excluding carboxylic acids is 1. The Morgan fingerprint density at radius 2 is 2.28 bits per heavy atom. The van der Waals surface area contributed by atoms with Crippen LogP contribution in [0.4, 0.5) is 5.69 Å². The van der Waals surface area contributed by atoms with E-state index in [4.69, 9.17) is 17.3 Å². The van der Waals surface area contributed by atoms with Crippen LogP contribution in [0.2, 0.25) is 5.02 Å². The first kappa shape index (κ1) is 13.2. The molecule has 1 aromatic rings. The number of nitrogens with two attached hydrogens (primary N) is 1. The molecule has 0 saturated heterocycles. The molecule has 1 saturated carbocycles. The zero-order valence-electron chi connectivity index (χ0n) is 10.6. The van der Waals surface area contributed by atoms with E-state index >= 15 is 0 Å². The minimum absolute atomic E-state index is 0.373. The van der Waals surface area contributed by atoms with E-state index in [1.807, 2.05) is 6.07 Å². The second-order valence-electron chi connectivity index (χ2n) is 5.14. The highest BCUT2D eigenvalue weighted by molar-refractivity contribution is 6.33. The number of rotatable bonds is 5. The topological polar surface area (TPSA) is 55.1 Å². The third-order valence-corrected chi connectivity index (χ3v) is 3.89. The standard InChI is InChI=1S/C14H19ClN2O/c1-9(7-10-3-2-4-10)17-11-5-6-13(15)12(8-11)14(16)18/h5-6,8-10,17H,2-4,7H2,1H3,(H2,16,18). The second-order valence-corrected chi connectivity index (χ2v) is 5.54. The van der Waals surface area contributed by atoms with Crippen LogP contribution in [0, 0.1) is 5.92 Å². The maximum atomic E-state index is 11.2. The summed E-state index contributed by atoms with van der Waals surface area (Å²) in [6.45, 7) is 2.16. The van der Waals surface area contributed by atoms with Crippen molar-refractivity contribution in [1.29, 1.82) is 0 Å². The van der Waals surface area contributed by atoms with Crippen molar-refractivity contribution in [3.8, 4) is 0 Å². The van der Waals surface area contributed by atoms with Gasteiger partial charge < -0.3 is 11.1 Å². The zero-order chi connectivity index (χ0) is 13.1. The van der Waals surface area contributed by atoms with E-state index in [0.29, 0.717) is 16.6 Å². The fraction of sp³-hybridized carbons (Fsp3) is 0.500. The Morgan fingerprint density at radius 1 is 1.56 bits per heavy atom. The molecule has 3 N–H and O–H groups in total. The molecule has 1 aliphatic rings. The van der Waals surface area contributed by atoms with Gasteiger partial charge in [-0.2, -0.15) is 0 Å². The molecular weight excluding hydrogens is 248 g/mol. The highest BCUT2D eigenvalue weighted by Crippen LogP contribution is 2.31. The molecule has 1 fully saturated rings. The van der Waals surface area contributed by atoms with E-state index in [1.165, 1.54) is 25.7 Å². The summed E-state index contributed by atoms with van der Waals surface area (Å²) in [7, 11) is 0. The fourth-order valence-corrected chi connectivity index (χ4v) is 2.59. The normalized spacial score (nSPS) is 17.0. The van der Waals surface area contributed by atoms with Crippen molar-refractivity contribution in [1.82, 2.24) is 0 Å². The SMILES string of the molecule is CC(CC1CCC1)Nc1ccc(Cl)c(C(N)=O)c1. The van der Waals surface area contributed by atoms with E-state index in [0.717, 1.165) is 11.6 Å². The van der Waals surface area contributed by atoms with Crippen LogP contribution in [0.5, 0.6) is 0 Å². The molecule has 4 heteroatoms. The van der Waals surface area contributed by atoms with Crippen LogP contribution >= 0.6 is 11.6 Å². The molecular formula is C14H19ClN2O. The van der Waals surface area contributed by atoms with Gasteiger partial charge >= 0.3 is 0 Å². The van der Waals surface area contributed by atoms with Gasteiger partial charge in [-0.15, -0.1) is 0 Å². The van der Waals surface area contributed by atoms with Crippen LogP contribution in [0.15, 0.2) is 18.2 Å².